The van der Waals surface area contributed by atoms with Crippen LogP contribution < -0.4 is 0 Å². The molecule has 41 heavy (non-hydrogen) atoms. The van der Waals surface area contributed by atoms with E-state index < -0.39 is 24.0 Å². The molecule has 6 nitrogen and oxygen atoms in total. The molecule has 2 aromatic heterocycles. The number of benzene rings is 4. The third-order valence-corrected chi connectivity index (χ3v) is 5.98. The molecule has 6 aromatic rings. The molecular formula is C35H28N2O4. The number of pyridine rings is 2. The average Bonchev–Trinajstić information content (AvgIpc) is 3.02. The van der Waals surface area contributed by atoms with Crippen molar-refractivity contribution in [3.63, 3.8) is 0 Å². The molecule has 6 rings (SSSR count). The highest BCUT2D eigenvalue weighted by Crippen LogP contribution is 2.21. The molecule has 6 heteroatoms. The van der Waals surface area contributed by atoms with Crippen molar-refractivity contribution in [3.05, 3.63) is 133 Å². The molecule has 0 saturated heterocycles. The fraction of sp³-hybridized carbons (Fsp3) is 0.0571. The minimum atomic E-state index is -1.55. The normalized spacial score (nSPS) is 10.1. The third-order valence-electron chi connectivity index (χ3n) is 5.98. The molecule has 0 amide bonds. The van der Waals surface area contributed by atoms with Gasteiger partial charge in [-0.15, -0.1) is 0 Å². The van der Waals surface area contributed by atoms with Crippen LogP contribution >= 0.6 is 0 Å². The van der Waals surface area contributed by atoms with E-state index in [9.17, 15) is 14.4 Å². The number of carboxylic acid groups (broad SMARTS) is 1. The zero-order valence-corrected chi connectivity index (χ0v) is 22.5. The number of hydrogen-bond donors (Lipinski definition) is 1. The molecular weight excluding hydrogens is 512 g/mol. The lowest BCUT2D eigenvalue weighted by Crippen LogP contribution is -2.15. The number of nitrogens with zero attached hydrogens (tertiary/aromatic N) is 2. The molecule has 2 heterocycles. The minimum absolute atomic E-state index is 0.428. The number of fused-ring (bicyclic) bond motifs is 2. The summed E-state index contributed by atoms with van der Waals surface area (Å²) in [4.78, 5) is 39.2. The Kier molecular flexibility index (Phi) is 9.78. The van der Waals surface area contributed by atoms with Crippen LogP contribution in [-0.2, 0) is 14.4 Å². The zero-order chi connectivity index (χ0) is 29.0. The lowest BCUT2D eigenvalue weighted by Gasteiger charge is -2.02. The topological polar surface area (TPSA) is 97.2 Å². The van der Waals surface area contributed by atoms with Crippen LogP contribution in [0.25, 0.3) is 44.3 Å². The van der Waals surface area contributed by atoms with Crippen molar-refractivity contribution < 1.29 is 19.5 Å². The van der Waals surface area contributed by atoms with E-state index >= 15 is 0 Å². The second kappa shape index (κ2) is 14.1. The van der Waals surface area contributed by atoms with Gasteiger partial charge in [-0.1, -0.05) is 109 Å². The van der Waals surface area contributed by atoms with Crippen molar-refractivity contribution >= 4 is 39.3 Å². The molecule has 0 atom stereocenters. The largest absolute Gasteiger partial charge is 0.475 e. The van der Waals surface area contributed by atoms with Crippen LogP contribution in [0.2, 0.25) is 0 Å². The Labute approximate surface area is 238 Å². The van der Waals surface area contributed by atoms with Crippen molar-refractivity contribution in [2.45, 2.75) is 13.3 Å². The molecule has 202 valence electrons. The number of ketones is 2. The summed E-state index contributed by atoms with van der Waals surface area (Å²) < 4.78 is 0. The van der Waals surface area contributed by atoms with Crippen molar-refractivity contribution in [2.24, 2.45) is 0 Å². The van der Waals surface area contributed by atoms with E-state index in [1.165, 1.54) is 17.7 Å². The Hall–Kier alpha value is -5.49. The summed E-state index contributed by atoms with van der Waals surface area (Å²) in [5.74, 6) is -3.03. The quantitative estimate of drug-likeness (QED) is 0.180. The summed E-state index contributed by atoms with van der Waals surface area (Å²) in [7, 11) is 0. The van der Waals surface area contributed by atoms with Crippen LogP contribution in [0.3, 0.4) is 0 Å². The van der Waals surface area contributed by atoms with Gasteiger partial charge in [0, 0.05) is 21.9 Å². The van der Waals surface area contributed by atoms with Gasteiger partial charge in [0.2, 0.25) is 5.78 Å². The molecule has 0 fully saturated rings. The first-order valence-corrected chi connectivity index (χ1v) is 13.0. The second-order valence-electron chi connectivity index (χ2n) is 9.12. The lowest BCUT2D eigenvalue weighted by atomic mass is 10.1. The van der Waals surface area contributed by atoms with Gasteiger partial charge in [-0.2, -0.15) is 0 Å². The predicted octanol–water partition coefficient (Wildman–Crippen LogP) is 7.42. The molecule has 0 aliphatic carbocycles. The number of carbonyl (C=O) groups excluding carboxylic acids is 2. The number of rotatable bonds is 5. The first-order chi connectivity index (χ1) is 19.9. The van der Waals surface area contributed by atoms with Gasteiger partial charge in [-0.05, 0) is 31.2 Å². The molecule has 0 aliphatic heterocycles. The molecule has 0 saturated carbocycles. The Bertz CT molecular complexity index is 1670. The van der Waals surface area contributed by atoms with Crippen molar-refractivity contribution in [1.82, 2.24) is 9.97 Å². The molecule has 0 unspecified atom stereocenters. The van der Waals surface area contributed by atoms with Crippen LogP contribution in [-0.4, -0.2) is 32.6 Å². The Morgan fingerprint density at radius 2 is 0.927 bits per heavy atom. The first kappa shape index (κ1) is 28.5. The number of para-hydroxylation sites is 2. The Balaban J connectivity index is 0.000000149. The molecule has 0 aliphatic rings. The number of Topliss-reactive ketones (excluding diaryl/α,β-unsaturated/α-hetero) is 2. The monoisotopic (exact) mass is 540 g/mol. The van der Waals surface area contributed by atoms with Gasteiger partial charge in [0.15, 0.2) is 0 Å². The van der Waals surface area contributed by atoms with Crippen LogP contribution in [0.5, 0.6) is 0 Å². The van der Waals surface area contributed by atoms with E-state index in [-0.39, 0.29) is 0 Å². The summed E-state index contributed by atoms with van der Waals surface area (Å²) >= 11 is 0. The van der Waals surface area contributed by atoms with Gasteiger partial charge in [0.25, 0.3) is 0 Å². The second-order valence-corrected chi connectivity index (χ2v) is 9.12. The Morgan fingerprint density at radius 1 is 0.537 bits per heavy atom. The first-order valence-electron chi connectivity index (χ1n) is 13.0. The number of hydrogen-bond acceptors (Lipinski definition) is 5. The fourth-order valence-corrected chi connectivity index (χ4v) is 3.97. The third kappa shape index (κ3) is 8.25. The maximum Gasteiger partial charge on any atom is 0.372 e. The zero-order valence-electron chi connectivity index (χ0n) is 22.5. The van der Waals surface area contributed by atoms with Crippen LogP contribution in [0, 0.1) is 0 Å². The fourth-order valence-electron chi connectivity index (χ4n) is 3.97. The van der Waals surface area contributed by atoms with Gasteiger partial charge < -0.3 is 5.11 Å². The highest BCUT2D eigenvalue weighted by molar-refractivity contribution is 6.36. The van der Waals surface area contributed by atoms with Crippen LogP contribution in [0.1, 0.15) is 13.3 Å². The predicted molar refractivity (Wildman–Crippen MR) is 162 cm³/mol. The summed E-state index contributed by atoms with van der Waals surface area (Å²) in [6.45, 7) is 1.17. The van der Waals surface area contributed by atoms with Crippen LogP contribution in [0.4, 0.5) is 0 Å². The molecule has 4 aromatic carbocycles. The van der Waals surface area contributed by atoms with E-state index in [2.05, 4.69) is 70.6 Å². The summed E-state index contributed by atoms with van der Waals surface area (Å²) in [6, 6.07) is 45.2. The van der Waals surface area contributed by atoms with E-state index in [4.69, 9.17) is 5.11 Å². The van der Waals surface area contributed by atoms with E-state index in [1.54, 1.807) is 0 Å². The molecule has 0 bridgehead atoms. The molecule has 0 radical (unpaired) electrons. The summed E-state index contributed by atoms with van der Waals surface area (Å²) in [5.41, 5.74) is 6.47. The lowest BCUT2D eigenvalue weighted by molar-refractivity contribution is -0.150. The van der Waals surface area contributed by atoms with Crippen molar-refractivity contribution in [3.8, 4) is 22.5 Å². The molecule has 0 spiro atoms. The number of aromatic nitrogens is 2. The van der Waals surface area contributed by atoms with Crippen molar-refractivity contribution in [2.75, 3.05) is 0 Å². The highest BCUT2D eigenvalue weighted by Gasteiger charge is 2.12. The SMILES string of the molecule is CC(=O)CC(=O)C(=O)O.c1ccc(-c2ccc3ccccc3n2)cc1.c1ccc(-c2ccc3ccccc3n2)cc1. The number of carbonyl (C=O) groups is 3. The van der Waals surface area contributed by atoms with Gasteiger partial charge in [-0.25, -0.2) is 14.8 Å². The summed E-state index contributed by atoms with van der Waals surface area (Å²) in [6.07, 6.45) is -0.505. The van der Waals surface area contributed by atoms with E-state index in [0.717, 1.165) is 33.5 Å². The number of carboxylic acids is 1. The number of aliphatic carboxylic acids is 1. The minimum Gasteiger partial charge on any atom is -0.475 e. The highest BCUT2D eigenvalue weighted by atomic mass is 16.4. The van der Waals surface area contributed by atoms with E-state index in [0.29, 0.717) is 0 Å². The van der Waals surface area contributed by atoms with Gasteiger partial charge in [0.1, 0.15) is 5.78 Å². The maximum atomic E-state index is 10.1. The van der Waals surface area contributed by atoms with Gasteiger partial charge in [-0.3, -0.25) is 9.59 Å². The standard InChI is InChI=1S/2C15H11N.C5H6O4/c2*1-2-6-12(7-3-1)15-11-10-13-8-4-5-9-14(13)16-15;1-3(6)2-4(7)5(8)9/h2*1-11H;2H2,1H3,(H,8,9). The van der Waals surface area contributed by atoms with E-state index in [1.807, 2.05) is 72.8 Å². The maximum absolute atomic E-state index is 10.1. The molecule has 1 N–H and O–H groups in total. The summed E-state index contributed by atoms with van der Waals surface area (Å²) in [5, 5.41) is 10.3. The average molecular weight is 541 g/mol. The van der Waals surface area contributed by atoms with Crippen molar-refractivity contribution in [1.29, 1.82) is 0 Å². The van der Waals surface area contributed by atoms with Crippen LogP contribution in [0.15, 0.2) is 133 Å². The Morgan fingerprint density at radius 3 is 1.29 bits per heavy atom. The van der Waals surface area contributed by atoms with Gasteiger partial charge in [0.05, 0.1) is 28.8 Å². The smallest absolute Gasteiger partial charge is 0.372 e. The van der Waals surface area contributed by atoms with Gasteiger partial charge >= 0.3 is 5.97 Å².